The normalized spacial score (nSPS) is 26.7. The Morgan fingerprint density at radius 3 is 2.12 bits per heavy atom. The Morgan fingerprint density at radius 1 is 1.00 bits per heavy atom. The van der Waals surface area contributed by atoms with E-state index in [1.807, 2.05) is 30.3 Å². The molecule has 0 heterocycles. The van der Waals surface area contributed by atoms with Crippen molar-refractivity contribution in [2.45, 2.75) is 35.6 Å². The number of benzene rings is 2. The predicted octanol–water partition coefficient (Wildman–Crippen LogP) is 3.13. The molecule has 124 valence electrons. The lowest BCUT2D eigenvalue weighted by atomic mass is 9.68. The molecule has 24 heavy (non-hydrogen) atoms. The molecule has 2 aromatic carbocycles. The number of aliphatic carboxylic acids is 1. The molecule has 1 aliphatic carbocycles. The molecule has 2 aromatic rings. The van der Waals surface area contributed by atoms with E-state index >= 15 is 0 Å². The fraction of sp³-hybridized carbons (Fsp3) is 0.316. The minimum absolute atomic E-state index is 0.250. The SMILES string of the molecule is O=C(O)C1(c2ccc(F)cc2)CC[C]([AlH2])(Oc2ccccc2)CC1. The lowest BCUT2D eigenvalue weighted by Crippen LogP contribution is -2.48. The van der Waals surface area contributed by atoms with Crippen LogP contribution in [0.4, 0.5) is 4.39 Å². The third-order valence-electron chi connectivity index (χ3n) is 5.07. The highest BCUT2D eigenvalue weighted by atomic mass is 27.0. The maximum absolute atomic E-state index is 13.2. The van der Waals surface area contributed by atoms with Crippen LogP contribution in [0, 0.1) is 5.82 Å². The van der Waals surface area contributed by atoms with Crippen molar-refractivity contribution in [2.24, 2.45) is 0 Å². The van der Waals surface area contributed by atoms with Gasteiger partial charge in [-0.05, 0) is 55.5 Å². The summed E-state index contributed by atoms with van der Waals surface area (Å²) >= 11 is 0.826. The van der Waals surface area contributed by atoms with E-state index in [-0.39, 0.29) is 10.3 Å². The summed E-state index contributed by atoms with van der Waals surface area (Å²) in [7, 11) is 0. The molecule has 0 atom stereocenters. The minimum atomic E-state index is -0.943. The molecule has 3 rings (SSSR count). The van der Waals surface area contributed by atoms with Crippen LogP contribution in [-0.2, 0) is 10.2 Å². The molecular formula is C19H20AlFO3. The zero-order valence-electron chi connectivity index (χ0n) is 13.7. The maximum atomic E-state index is 13.2. The monoisotopic (exact) mass is 342 g/mol. The molecular weight excluding hydrogens is 322 g/mol. The molecule has 0 spiro atoms. The molecule has 0 bridgehead atoms. The highest BCUT2D eigenvalue weighted by Crippen LogP contribution is 2.44. The number of carboxylic acids is 1. The van der Waals surface area contributed by atoms with Gasteiger partial charge in [-0.2, -0.15) is 0 Å². The molecule has 1 N–H and O–H groups in total. The van der Waals surface area contributed by atoms with E-state index in [0.717, 1.165) is 22.0 Å². The van der Waals surface area contributed by atoms with E-state index in [1.54, 1.807) is 12.1 Å². The van der Waals surface area contributed by atoms with Crippen LogP contribution in [0.1, 0.15) is 31.2 Å². The second-order valence-corrected chi connectivity index (χ2v) is 8.58. The van der Waals surface area contributed by atoms with Gasteiger partial charge < -0.3 is 9.84 Å². The third-order valence-corrected chi connectivity index (χ3v) is 6.28. The van der Waals surface area contributed by atoms with E-state index in [1.165, 1.54) is 12.1 Å². The van der Waals surface area contributed by atoms with Gasteiger partial charge in [-0.3, -0.25) is 4.79 Å². The van der Waals surface area contributed by atoms with Crippen molar-refractivity contribution in [3.8, 4) is 5.75 Å². The van der Waals surface area contributed by atoms with Crippen LogP contribution in [0.25, 0.3) is 0 Å². The van der Waals surface area contributed by atoms with Gasteiger partial charge in [-0.15, -0.1) is 0 Å². The fourth-order valence-electron chi connectivity index (χ4n) is 3.48. The van der Waals surface area contributed by atoms with Crippen molar-refractivity contribution >= 4 is 22.3 Å². The van der Waals surface area contributed by atoms with E-state index in [0.29, 0.717) is 31.2 Å². The summed E-state index contributed by atoms with van der Waals surface area (Å²) in [5, 5.41) is 9.85. The van der Waals surface area contributed by atoms with E-state index in [4.69, 9.17) is 4.74 Å². The highest BCUT2D eigenvalue weighted by molar-refractivity contribution is 6.14. The minimum Gasteiger partial charge on any atom is -0.504 e. The molecule has 1 aliphatic rings. The van der Waals surface area contributed by atoms with Gasteiger partial charge in [0.2, 0.25) is 0 Å². The van der Waals surface area contributed by atoms with E-state index in [9.17, 15) is 14.3 Å². The Balaban J connectivity index is 1.80. The summed E-state index contributed by atoms with van der Waals surface area (Å²) in [6, 6.07) is 15.5. The summed E-state index contributed by atoms with van der Waals surface area (Å²) in [6.07, 6.45) is 2.39. The summed E-state index contributed by atoms with van der Waals surface area (Å²) in [5.41, 5.74) is -0.262. The average molecular weight is 342 g/mol. The van der Waals surface area contributed by atoms with Crippen LogP contribution in [0.15, 0.2) is 54.6 Å². The van der Waals surface area contributed by atoms with Crippen molar-refractivity contribution in [3.05, 3.63) is 66.0 Å². The van der Waals surface area contributed by atoms with Gasteiger partial charge in [0.05, 0.1) is 5.41 Å². The number of carbonyl (C=O) groups is 1. The lowest BCUT2D eigenvalue weighted by molar-refractivity contribution is -0.146. The zero-order chi connectivity index (χ0) is 17.2. The van der Waals surface area contributed by atoms with Crippen LogP contribution in [0.3, 0.4) is 0 Å². The quantitative estimate of drug-likeness (QED) is 0.869. The Labute approximate surface area is 148 Å². The Hall–Kier alpha value is -1.83. The molecule has 0 amide bonds. The number of ether oxygens (including phenoxy) is 1. The number of hydrogen-bond donors (Lipinski definition) is 1. The van der Waals surface area contributed by atoms with Gasteiger partial charge in [0, 0.05) is 4.46 Å². The number of halogens is 1. The second kappa shape index (κ2) is 6.58. The number of para-hydroxylation sites is 1. The van der Waals surface area contributed by atoms with Crippen LogP contribution in [0.2, 0.25) is 0 Å². The van der Waals surface area contributed by atoms with Gasteiger partial charge in [-0.25, -0.2) is 4.39 Å². The standard InChI is InChI=1S/C19H18FO3.Al.2H/c20-15-8-6-14(7-9-15)19(18(21)22)12-10-17(11-13-19)23-16-4-2-1-3-5-16;;;/h1-9H,10-13H2,(H,21,22);;;. The summed E-state index contributed by atoms with van der Waals surface area (Å²) in [4.78, 5) is 12.0. The molecule has 1 fully saturated rings. The number of carboxylic acid groups (broad SMARTS) is 1. The van der Waals surface area contributed by atoms with Crippen molar-refractivity contribution in [2.75, 3.05) is 0 Å². The first-order valence-corrected chi connectivity index (χ1v) is 9.17. The zero-order valence-corrected chi connectivity index (χ0v) is 15.7. The van der Waals surface area contributed by atoms with Crippen LogP contribution in [0.5, 0.6) is 5.75 Å². The smallest absolute Gasteiger partial charge is 0.314 e. The first kappa shape index (κ1) is 17.0. The first-order valence-electron chi connectivity index (χ1n) is 8.17. The van der Waals surface area contributed by atoms with Gasteiger partial charge in [0.15, 0.2) is 0 Å². The summed E-state index contributed by atoms with van der Waals surface area (Å²) in [5.74, 6) is -0.352. The Bertz CT molecular complexity index is 707. The first-order chi connectivity index (χ1) is 11.4. The molecule has 3 nitrogen and oxygen atoms in total. The predicted molar refractivity (Wildman–Crippen MR) is 92.5 cm³/mol. The largest absolute Gasteiger partial charge is 0.504 e. The van der Waals surface area contributed by atoms with Gasteiger partial charge >= 0.3 is 5.97 Å². The van der Waals surface area contributed by atoms with Gasteiger partial charge in [0.1, 0.15) is 11.6 Å². The van der Waals surface area contributed by atoms with Crippen LogP contribution in [-0.4, -0.2) is 31.8 Å². The van der Waals surface area contributed by atoms with Crippen molar-refractivity contribution in [3.63, 3.8) is 0 Å². The van der Waals surface area contributed by atoms with E-state index in [2.05, 4.69) is 0 Å². The fourth-order valence-corrected chi connectivity index (χ4v) is 4.21. The number of rotatable bonds is 4. The molecule has 5 heteroatoms. The summed E-state index contributed by atoms with van der Waals surface area (Å²) in [6.45, 7) is 0. The molecule has 0 aromatic heterocycles. The molecule has 1 saturated carbocycles. The van der Waals surface area contributed by atoms with Crippen molar-refractivity contribution in [1.82, 2.24) is 0 Å². The second-order valence-electron chi connectivity index (χ2n) is 6.76. The van der Waals surface area contributed by atoms with Gasteiger partial charge in [-0.1, -0.05) is 30.3 Å². The molecule has 0 radical (unpaired) electrons. The Morgan fingerprint density at radius 2 is 1.58 bits per heavy atom. The maximum Gasteiger partial charge on any atom is 0.314 e. The number of hydrogen-bond acceptors (Lipinski definition) is 2. The van der Waals surface area contributed by atoms with Crippen LogP contribution < -0.4 is 4.74 Å². The van der Waals surface area contributed by atoms with Crippen LogP contribution >= 0.6 is 0 Å². The molecule has 0 aliphatic heterocycles. The summed E-state index contributed by atoms with van der Waals surface area (Å²) < 4.78 is 19.1. The Kier molecular flexibility index (Phi) is 4.67. The highest BCUT2D eigenvalue weighted by Gasteiger charge is 2.47. The topological polar surface area (TPSA) is 46.5 Å². The van der Waals surface area contributed by atoms with E-state index < -0.39 is 11.4 Å². The molecule has 0 unspecified atom stereocenters. The van der Waals surface area contributed by atoms with Gasteiger partial charge in [0.25, 0.3) is 16.3 Å². The third kappa shape index (κ3) is 3.33. The van der Waals surface area contributed by atoms with Crippen molar-refractivity contribution < 1.29 is 19.0 Å². The van der Waals surface area contributed by atoms with Crippen molar-refractivity contribution in [1.29, 1.82) is 0 Å². The average Bonchev–Trinajstić information content (AvgIpc) is 2.57. The lowest BCUT2D eigenvalue weighted by Gasteiger charge is -2.43. The molecule has 0 saturated heterocycles.